The average molecular weight is 211 g/mol. The van der Waals surface area contributed by atoms with Gasteiger partial charge in [-0.3, -0.25) is 0 Å². The quantitative estimate of drug-likeness (QED) is 0.774. The van der Waals surface area contributed by atoms with Crippen molar-refractivity contribution in [3.05, 3.63) is 0 Å². The van der Waals surface area contributed by atoms with Gasteiger partial charge in [0.1, 0.15) is 0 Å². The Morgan fingerprint density at radius 1 is 1.13 bits per heavy atom. The predicted octanol–water partition coefficient (Wildman–Crippen LogP) is 2.58. The maximum absolute atomic E-state index is 5.64. The molecule has 0 radical (unpaired) electrons. The van der Waals surface area contributed by atoms with E-state index in [1.807, 2.05) is 0 Å². The predicted molar refractivity (Wildman–Crippen MR) is 62.9 cm³/mol. The lowest BCUT2D eigenvalue weighted by Crippen LogP contribution is -2.40. The van der Waals surface area contributed by atoms with Crippen molar-refractivity contribution in [3.8, 4) is 0 Å². The molecule has 0 bridgehead atoms. The van der Waals surface area contributed by atoms with Crippen molar-refractivity contribution in [1.82, 2.24) is 5.32 Å². The fourth-order valence-electron chi connectivity index (χ4n) is 3.22. The number of hydrogen-bond acceptors (Lipinski definition) is 2. The maximum Gasteiger partial charge on any atom is 0.0700 e. The molecule has 0 aromatic rings. The zero-order chi connectivity index (χ0) is 10.7. The van der Waals surface area contributed by atoms with Crippen molar-refractivity contribution < 1.29 is 4.74 Å². The van der Waals surface area contributed by atoms with Gasteiger partial charge in [-0.2, -0.15) is 0 Å². The van der Waals surface area contributed by atoms with Crippen molar-refractivity contribution in [2.45, 2.75) is 58.1 Å². The minimum Gasteiger partial charge on any atom is -0.377 e. The number of ether oxygens (including phenoxy) is 1. The summed E-state index contributed by atoms with van der Waals surface area (Å²) in [5.74, 6) is 1.80. The second-order valence-electron chi connectivity index (χ2n) is 5.66. The molecule has 1 saturated heterocycles. The van der Waals surface area contributed by atoms with Crippen LogP contribution in [0.3, 0.4) is 0 Å². The second kappa shape index (κ2) is 5.31. The average Bonchev–Trinajstić information content (AvgIpc) is 2.65. The van der Waals surface area contributed by atoms with Gasteiger partial charge >= 0.3 is 0 Å². The number of nitrogens with one attached hydrogen (secondary N) is 1. The molecule has 1 aliphatic carbocycles. The van der Waals surface area contributed by atoms with Crippen molar-refractivity contribution in [2.24, 2.45) is 11.8 Å². The van der Waals surface area contributed by atoms with E-state index in [4.69, 9.17) is 4.74 Å². The van der Waals surface area contributed by atoms with Gasteiger partial charge in [-0.1, -0.05) is 13.8 Å². The molecule has 2 aliphatic rings. The summed E-state index contributed by atoms with van der Waals surface area (Å²) < 4.78 is 5.64. The van der Waals surface area contributed by atoms with E-state index in [1.54, 1.807) is 0 Å². The highest BCUT2D eigenvalue weighted by Gasteiger charge is 2.24. The van der Waals surface area contributed by atoms with Gasteiger partial charge in [0.25, 0.3) is 0 Å². The van der Waals surface area contributed by atoms with Crippen molar-refractivity contribution in [2.75, 3.05) is 13.2 Å². The lowest BCUT2D eigenvalue weighted by Gasteiger charge is -2.32. The second-order valence-corrected chi connectivity index (χ2v) is 5.66. The van der Waals surface area contributed by atoms with Crippen LogP contribution in [0.5, 0.6) is 0 Å². The van der Waals surface area contributed by atoms with E-state index in [0.717, 1.165) is 31.0 Å². The van der Waals surface area contributed by atoms with Gasteiger partial charge in [-0.15, -0.1) is 0 Å². The highest BCUT2D eigenvalue weighted by Crippen LogP contribution is 2.28. The van der Waals surface area contributed by atoms with Crippen molar-refractivity contribution >= 4 is 0 Å². The van der Waals surface area contributed by atoms with E-state index in [0.29, 0.717) is 6.10 Å². The zero-order valence-corrected chi connectivity index (χ0v) is 10.2. The highest BCUT2D eigenvalue weighted by atomic mass is 16.5. The third kappa shape index (κ3) is 3.46. The molecule has 1 saturated carbocycles. The van der Waals surface area contributed by atoms with Crippen LogP contribution < -0.4 is 5.32 Å². The third-order valence-corrected chi connectivity index (χ3v) is 3.84. The van der Waals surface area contributed by atoms with Crippen molar-refractivity contribution in [3.63, 3.8) is 0 Å². The first-order valence-electron chi connectivity index (χ1n) is 6.59. The molecule has 3 unspecified atom stereocenters. The molecule has 0 aromatic heterocycles. The molecule has 88 valence electrons. The van der Waals surface area contributed by atoms with E-state index < -0.39 is 0 Å². The minimum atomic E-state index is 0.498. The van der Waals surface area contributed by atoms with Gasteiger partial charge < -0.3 is 10.1 Å². The molecule has 0 aromatic carbocycles. The molecule has 2 heteroatoms. The standard InChI is InChI=1S/C13H25NO/c1-10-6-11(2)8-12(7-10)14-9-13-4-3-5-15-13/h10-14H,3-9H2,1-2H3. The van der Waals surface area contributed by atoms with E-state index in [9.17, 15) is 0 Å². The maximum atomic E-state index is 5.64. The Hall–Kier alpha value is -0.0800. The van der Waals surface area contributed by atoms with E-state index in [1.165, 1.54) is 32.1 Å². The first-order chi connectivity index (χ1) is 7.24. The summed E-state index contributed by atoms with van der Waals surface area (Å²) in [5.41, 5.74) is 0. The van der Waals surface area contributed by atoms with Crippen LogP contribution in [0.15, 0.2) is 0 Å². The molecular weight excluding hydrogens is 186 g/mol. The lowest BCUT2D eigenvalue weighted by molar-refractivity contribution is 0.102. The largest absolute Gasteiger partial charge is 0.377 e. The lowest BCUT2D eigenvalue weighted by atomic mass is 9.80. The summed E-state index contributed by atoms with van der Waals surface area (Å²) in [7, 11) is 0. The first-order valence-corrected chi connectivity index (χ1v) is 6.59. The van der Waals surface area contributed by atoms with Crippen LogP contribution in [0, 0.1) is 11.8 Å². The van der Waals surface area contributed by atoms with Crippen LogP contribution in [0.2, 0.25) is 0 Å². The van der Waals surface area contributed by atoms with Gasteiger partial charge in [0.15, 0.2) is 0 Å². The summed E-state index contributed by atoms with van der Waals surface area (Å²) in [6.45, 7) is 6.82. The molecule has 3 atom stereocenters. The van der Waals surface area contributed by atoms with Crippen LogP contribution >= 0.6 is 0 Å². The van der Waals surface area contributed by atoms with Crippen LogP contribution in [0.25, 0.3) is 0 Å². The minimum absolute atomic E-state index is 0.498. The van der Waals surface area contributed by atoms with Gasteiger partial charge in [0.2, 0.25) is 0 Å². The van der Waals surface area contributed by atoms with Gasteiger partial charge in [0.05, 0.1) is 6.10 Å². The van der Waals surface area contributed by atoms with Crippen LogP contribution in [-0.2, 0) is 4.74 Å². The molecule has 0 amide bonds. The molecule has 1 heterocycles. The Morgan fingerprint density at radius 2 is 1.87 bits per heavy atom. The number of rotatable bonds is 3. The fourth-order valence-corrected chi connectivity index (χ4v) is 3.22. The van der Waals surface area contributed by atoms with E-state index in [2.05, 4.69) is 19.2 Å². The van der Waals surface area contributed by atoms with Gasteiger partial charge in [0, 0.05) is 19.2 Å². The summed E-state index contributed by atoms with van der Waals surface area (Å²) in [4.78, 5) is 0. The third-order valence-electron chi connectivity index (χ3n) is 3.84. The fraction of sp³-hybridized carbons (Fsp3) is 1.00. The molecule has 2 fully saturated rings. The molecule has 2 rings (SSSR count). The molecule has 15 heavy (non-hydrogen) atoms. The van der Waals surface area contributed by atoms with E-state index >= 15 is 0 Å². The smallest absolute Gasteiger partial charge is 0.0700 e. The van der Waals surface area contributed by atoms with Crippen LogP contribution in [-0.4, -0.2) is 25.3 Å². The Labute approximate surface area is 93.8 Å². The zero-order valence-electron chi connectivity index (χ0n) is 10.2. The molecule has 0 spiro atoms. The topological polar surface area (TPSA) is 21.3 Å². The summed E-state index contributed by atoms with van der Waals surface area (Å²) >= 11 is 0. The molecular formula is C13H25NO. The Bertz CT molecular complexity index is 179. The SMILES string of the molecule is CC1CC(C)CC(NCC2CCCO2)C1. The number of hydrogen-bond donors (Lipinski definition) is 1. The monoisotopic (exact) mass is 211 g/mol. The Morgan fingerprint density at radius 3 is 2.47 bits per heavy atom. The highest BCUT2D eigenvalue weighted by molar-refractivity contribution is 4.81. The summed E-state index contributed by atoms with van der Waals surface area (Å²) in [5, 5.41) is 3.70. The summed E-state index contributed by atoms with van der Waals surface area (Å²) in [6, 6.07) is 0.743. The van der Waals surface area contributed by atoms with Gasteiger partial charge in [-0.05, 0) is 43.9 Å². The van der Waals surface area contributed by atoms with Crippen molar-refractivity contribution in [1.29, 1.82) is 0 Å². The summed E-state index contributed by atoms with van der Waals surface area (Å²) in [6.07, 6.45) is 7.14. The van der Waals surface area contributed by atoms with Gasteiger partial charge in [-0.25, -0.2) is 0 Å². The Balaban J connectivity index is 1.69. The molecule has 1 N–H and O–H groups in total. The normalized spacial score (nSPS) is 42.0. The van der Waals surface area contributed by atoms with Crippen LogP contribution in [0.4, 0.5) is 0 Å². The van der Waals surface area contributed by atoms with E-state index in [-0.39, 0.29) is 0 Å². The van der Waals surface area contributed by atoms with Crippen LogP contribution in [0.1, 0.15) is 46.0 Å². The Kier molecular flexibility index (Phi) is 4.04. The molecule has 1 aliphatic heterocycles. The first kappa shape index (κ1) is 11.4. The molecule has 2 nitrogen and oxygen atoms in total.